The van der Waals surface area contributed by atoms with Crippen LogP contribution in [-0.4, -0.2) is 34.0 Å². The SMILES string of the molecule is CCSC1CCCC1NC(=O)[C@@H]1CCCC[C@@H]1C(=O)O. The van der Waals surface area contributed by atoms with E-state index in [2.05, 4.69) is 12.2 Å². The van der Waals surface area contributed by atoms with Crippen LogP contribution in [0.15, 0.2) is 0 Å². The Bertz CT molecular complexity index is 361. The lowest BCUT2D eigenvalue weighted by atomic mass is 9.78. The van der Waals surface area contributed by atoms with Crippen LogP contribution in [0, 0.1) is 11.8 Å². The van der Waals surface area contributed by atoms with Crippen molar-refractivity contribution in [3.05, 3.63) is 0 Å². The van der Waals surface area contributed by atoms with Gasteiger partial charge in [-0.25, -0.2) is 0 Å². The molecule has 0 radical (unpaired) electrons. The molecule has 2 aliphatic rings. The van der Waals surface area contributed by atoms with Gasteiger partial charge in [0.15, 0.2) is 0 Å². The van der Waals surface area contributed by atoms with E-state index in [1.807, 2.05) is 11.8 Å². The Morgan fingerprint density at radius 1 is 1.10 bits per heavy atom. The highest BCUT2D eigenvalue weighted by Gasteiger charge is 2.38. The predicted molar refractivity (Wildman–Crippen MR) is 80.8 cm³/mol. The molecule has 0 aromatic rings. The van der Waals surface area contributed by atoms with Crippen LogP contribution in [0.3, 0.4) is 0 Å². The molecule has 2 rings (SSSR count). The van der Waals surface area contributed by atoms with Crippen LogP contribution in [0.4, 0.5) is 0 Å². The second-order valence-corrected chi connectivity index (χ2v) is 7.39. The number of carbonyl (C=O) groups is 2. The van der Waals surface area contributed by atoms with Gasteiger partial charge in [0.25, 0.3) is 0 Å². The van der Waals surface area contributed by atoms with Crippen molar-refractivity contribution in [2.45, 2.75) is 63.2 Å². The molecule has 5 heteroatoms. The fourth-order valence-electron chi connectivity index (χ4n) is 3.53. The number of carboxylic acids is 1. The van der Waals surface area contributed by atoms with Gasteiger partial charge >= 0.3 is 5.97 Å². The van der Waals surface area contributed by atoms with E-state index in [-0.39, 0.29) is 17.9 Å². The van der Waals surface area contributed by atoms with Crippen LogP contribution in [0.2, 0.25) is 0 Å². The van der Waals surface area contributed by atoms with Crippen LogP contribution in [-0.2, 0) is 9.59 Å². The van der Waals surface area contributed by atoms with Gasteiger partial charge in [-0.1, -0.05) is 26.2 Å². The van der Waals surface area contributed by atoms with Crippen molar-refractivity contribution in [1.29, 1.82) is 0 Å². The van der Waals surface area contributed by atoms with E-state index in [4.69, 9.17) is 0 Å². The van der Waals surface area contributed by atoms with Gasteiger partial charge in [0.1, 0.15) is 0 Å². The average Bonchev–Trinajstić information content (AvgIpc) is 2.86. The molecule has 2 aliphatic carbocycles. The first-order chi connectivity index (χ1) is 9.63. The summed E-state index contributed by atoms with van der Waals surface area (Å²) in [7, 11) is 0. The average molecular weight is 299 g/mol. The number of hydrogen-bond acceptors (Lipinski definition) is 3. The maximum absolute atomic E-state index is 12.4. The molecule has 4 atom stereocenters. The second kappa shape index (κ2) is 7.34. The Balaban J connectivity index is 1.94. The summed E-state index contributed by atoms with van der Waals surface area (Å²) < 4.78 is 0. The Kier molecular flexibility index (Phi) is 5.75. The summed E-state index contributed by atoms with van der Waals surface area (Å²) in [6.45, 7) is 2.14. The van der Waals surface area contributed by atoms with Gasteiger partial charge in [-0.2, -0.15) is 11.8 Å². The molecule has 0 spiro atoms. The lowest BCUT2D eigenvalue weighted by Crippen LogP contribution is -2.46. The smallest absolute Gasteiger partial charge is 0.307 e. The lowest BCUT2D eigenvalue weighted by molar-refractivity contribution is -0.149. The number of hydrogen-bond donors (Lipinski definition) is 2. The largest absolute Gasteiger partial charge is 0.481 e. The summed E-state index contributed by atoms with van der Waals surface area (Å²) in [5.41, 5.74) is 0. The fourth-order valence-corrected chi connectivity index (χ4v) is 4.73. The quantitative estimate of drug-likeness (QED) is 0.819. The standard InChI is InChI=1S/C15H25NO3S/c1-2-20-13-9-5-8-12(13)16-14(17)10-6-3-4-7-11(10)15(18)19/h10-13H,2-9H2,1H3,(H,16,17)(H,18,19)/t10-,11+,12?,13?/m1/s1. The van der Waals surface area contributed by atoms with Crippen LogP contribution >= 0.6 is 11.8 Å². The number of carboxylic acid groups (broad SMARTS) is 1. The molecular weight excluding hydrogens is 274 g/mol. The summed E-state index contributed by atoms with van der Waals surface area (Å²) >= 11 is 1.91. The highest BCUT2D eigenvalue weighted by atomic mass is 32.2. The zero-order valence-electron chi connectivity index (χ0n) is 12.1. The third-order valence-corrected chi connectivity index (χ3v) is 5.91. The number of nitrogens with one attached hydrogen (secondary N) is 1. The monoisotopic (exact) mass is 299 g/mol. The van der Waals surface area contributed by atoms with Crippen molar-refractivity contribution >= 4 is 23.6 Å². The van der Waals surface area contributed by atoms with E-state index in [0.717, 1.165) is 44.3 Å². The first-order valence-corrected chi connectivity index (χ1v) is 8.83. The topological polar surface area (TPSA) is 66.4 Å². The van der Waals surface area contributed by atoms with Crippen molar-refractivity contribution in [2.75, 3.05) is 5.75 Å². The molecule has 0 aliphatic heterocycles. The Morgan fingerprint density at radius 3 is 2.45 bits per heavy atom. The summed E-state index contributed by atoms with van der Waals surface area (Å²) in [5, 5.41) is 12.9. The predicted octanol–water partition coefficient (Wildman–Crippen LogP) is 2.67. The number of thioether (sulfide) groups is 1. The van der Waals surface area contributed by atoms with Gasteiger partial charge in [0, 0.05) is 11.3 Å². The highest BCUT2D eigenvalue weighted by Crippen LogP contribution is 2.33. The van der Waals surface area contributed by atoms with Crippen LogP contribution in [0.1, 0.15) is 51.9 Å². The van der Waals surface area contributed by atoms with Crippen molar-refractivity contribution in [3.63, 3.8) is 0 Å². The van der Waals surface area contributed by atoms with Gasteiger partial charge < -0.3 is 10.4 Å². The van der Waals surface area contributed by atoms with E-state index in [1.54, 1.807) is 0 Å². The van der Waals surface area contributed by atoms with Crippen molar-refractivity contribution < 1.29 is 14.7 Å². The van der Waals surface area contributed by atoms with Crippen molar-refractivity contribution in [2.24, 2.45) is 11.8 Å². The molecule has 2 saturated carbocycles. The van der Waals surface area contributed by atoms with Crippen molar-refractivity contribution in [3.8, 4) is 0 Å². The molecule has 0 aromatic carbocycles. The lowest BCUT2D eigenvalue weighted by Gasteiger charge is -2.30. The molecule has 0 bridgehead atoms. The molecule has 4 nitrogen and oxygen atoms in total. The third-order valence-electron chi connectivity index (χ3n) is 4.58. The number of rotatable bonds is 5. The molecule has 1 amide bonds. The van der Waals surface area contributed by atoms with E-state index in [1.165, 1.54) is 0 Å². The molecule has 2 unspecified atom stereocenters. The van der Waals surface area contributed by atoms with Gasteiger partial charge in [-0.15, -0.1) is 0 Å². The second-order valence-electron chi connectivity index (χ2n) is 5.88. The minimum atomic E-state index is -0.809. The Hall–Kier alpha value is -0.710. The molecule has 0 saturated heterocycles. The first-order valence-electron chi connectivity index (χ1n) is 7.78. The van der Waals surface area contributed by atoms with E-state index in [9.17, 15) is 14.7 Å². The van der Waals surface area contributed by atoms with E-state index < -0.39 is 11.9 Å². The molecule has 0 heterocycles. The zero-order valence-corrected chi connectivity index (χ0v) is 13.0. The molecule has 0 aromatic heterocycles. The maximum Gasteiger partial charge on any atom is 0.307 e. The first kappa shape index (κ1) is 15.7. The van der Waals surface area contributed by atoms with E-state index >= 15 is 0 Å². The summed E-state index contributed by atoms with van der Waals surface area (Å²) in [6, 6.07) is 0.240. The summed E-state index contributed by atoms with van der Waals surface area (Å²) in [4.78, 5) is 23.7. The third kappa shape index (κ3) is 3.68. The minimum absolute atomic E-state index is 0.0225. The fraction of sp³-hybridized carbons (Fsp3) is 0.867. The van der Waals surface area contributed by atoms with Crippen molar-refractivity contribution in [1.82, 2.24) is 5.32 Å². The Labute approximate surface area is 125 Å². The van der Waals surface area contributed by atoms with Gasteiger partial charge in [-0.05, 0) is 31.4 Å². The summed E-state index contributed by atoms with van der Waals surface area (Å²) in [6.07, 6.45) is 6.63. The van der Waals surface area contributed by atoms with E-state index in [0.29, 0.717) is 11.7 Å². The summed E-state index contributed by atoms with van der Waals surface area (Å²) in [5.74, 6) is -0.573. The molecule has 2 fully saturated rings. The molecule has 114 valence electrons. The highest BCUT2D eigenvalue weighted by molar-refractivity contribution is 7.99. The molecule has 2 N–H and O–H groups in total. The maximum atomic E-state index is 12.4. The van der Waals surface area contributed by atoms with Crippen LogP contribution in [0.25, 0.3) is 0 Å². The van der Waals surface area contributed by atoms with Gasteiger partial charge in [0.05, 0.1) is 11.8 Å². The van der Waals surface area contributed by atoms with Crippen LogP contribution < -0.4 is 5.32 Å². The molecular formula is C15H25NO3S. The number of carbonyl (C=O) groups excluding carboxylic acids is 1. The normalized spacial score (nSPS) is 33.9. The Morgan fingerprint density at radius 2 is 1.80 bits per heavy atom. The number of aliphatic carboxylic acids is 1. The van der Waals surface area contributed by atoms with Gasteiger partial charge in [-0.3, -0.25) is 9.59 Å². The van der Waals surface area contributed by atoms with Crippen LogP contribution in [0.5, 0.6) is 0 Å². The van der Waals surface area contributed by atoms with Gasteiger partial charge in [0.2, 0.25) is 5.91 Å². The molecule has 20 heavy (non-hydrogen) atoms. The number of amides is 1. The minimum Gasteiger partial charge on any atom is -0.481 e. The zero-order chi connectivity index (χ0) is 14.5.